The quantitative estimate of drug-likeness (QED) is 0.125. The first-order chi connectivity index (χ1) is 14.1. The normalized spacial score (nSPS) is 12.0. The number of aromatic hydroxyl groups is 2. The molecule has 0 radical (unpaired) electrons. The molecule has 0 fully saturated rings. The number of phenolic OH excluding ortho intramolecular Hbond substituents is 2. The molecule has 0 aliphatic heterocycles. The molecule has 0 saturated carbocycles. The zero-order valence-electron chi connectivity index (χ0n) is 15.3. The molecule has 0 aromatic heterocycles. The first-order valence-corrected chi connectivity index (χ1v) is 9.40. The van der Waals surface area contributed by atoms with E-state index in [1.54, 1.807) is 13.1 Å². The molecule has 4 rings (SSSR count). The molecule has 146 valence electrons. The smallest absolute Gasteiger partial charge is 0.280 e. The lowest BCUT2D eigenvalue weighted by atomic mass is 10.1. The highest BCUT2D eigenvalue weighted by atomic mass is 32.2. The van der Waals surface area contributed by atoms with E-state index >= 15 is 0 Å². The van der Waals surface area contributed by atoms with Crippen LogP contribution in [0.15, 0.2) is 76.7 Å². The van der Waals surface area contributed by atoms with Gasteiger partial charge in [0.25, 0.3) is 5.69 Å². The summed E-state index contributed by atoms with van der Waals surface area (Å²) in [4.78, 5) is 0.553. The topological polar surface area (TPSA) is 94.5 Å². The van der Waals surface area contributed by atoms with Gasteiger partial charge in [-0.25, -0.2) is 5.26 Å². The minimum atomic E-state index is -0.0429. The van der Waals surface area contributed by atoms with E-state index < -0.39 is 0 Å². The summed E-state index contributed by atoms with van der Waals surface area (Å²) in [6.07, 6.45) is 0. The van der Waals surface area contributed by atoms with E-state index in [0.29, 0.717) is 21.7 Å². The Morgan fingerprint density at radius 3 is 2.31 bits per heavy atom. The highest BCUT2D eigenvalue weighted by Crippen LogP contribution is 2.42. The van der Waals surface area contributed by atoms with Crippen molar-refractivity contribution in [1.29, 1.82) is 0 Å². The Labute approximate surface area is 170 Å². The maximum Gasteiger partial charge on any atom is 0.280 e. The number of rotatable bonds is 5. The van der Waals surface area contributed by atoms with E-state index in [4.69, 9.17) is 5.26 Å². The number of hydrogen-bond donors (Lipinski definition) is 3. The maximum atomic E-state index is 10.7. The molecule has 4 aromatic carbocycles. The van der Waals surface area contributed by atoms with Crippen LogP contribution in [0.2, 0.25) is 0 Å². The Hall–Kier alpha value is -3.17. The van der Waals surface area contributed by atoms with Crippen LogP contribution in [0, 0.1) is 0 Å². The summed E-state index contributed by atoms with van der Waals surface area (Å²) in [6, 6.07) is 19.9. The highest BCUT2D eigenvalue weighted by molar-refractivity contribution is 7.94. The molecule has 0 aliphatic carbocycles. The van der Waals surface area contributed by atoms with E-state index in [9.17, 15) is 10.2 Å². The van der Waals surface area contributed by atoms with Crippen LogP contribution in [-0.2, 0) is 9.37 Å². The zero-order chi connectivity index (χ0) is 20.4. The van der Waals surface area contributed by atoms with Gasteiger partial charge in [0.2, 0.25) is 0 Å². The molecule has 0 bridgehead atoms. The summed E-state index contributed by atoms with van der Waals surface area (Å²) < 4.78 is 6.06. The Morgan fingerprint density at radius 2 is 1.55 bits per heavy atom. The second kappa shape index (κ2) is 8.06. The summed E-state index contributed by atoms with van der Waals surface area (Å²) in [6.45, 7) is 0. The highest BCUT2D eigenvalue weighted by Gasteiger charge is 2.22. The lowest BCUT2D eigenvalue weighted by Crippen LogP contribution is -1.96. The molecule has 7 nitrogen and oxygen atoms in total. The molecule has 0 saturated heterocycles. The van der Waals surface area contributed by atoms with Crippen molar-refractivity contribution in [3.05, 3.63) is 66.7 Å². The maximum absolute atomic E-state index is 10.7. The number of nitrogens with zero attached hydrogens (tertiary/aromatic N) is 2. The molecule has 0 spiro atoms. The van der Waals surface area contributed by atoms with E-state index in [0.717, 1.165) is 28.2 Å². The number of phenols is 2. The fraction of sp³-hybridized carbons (Fsp3) is 0.0476. The third-order valence-electron chi connectivity index (χ3n) is 4.57. The molecule has 8 heteroatoms. The molecule has 0 atom stereocenters. The summed E-state index contributed by atoms with van der Waals surface area (Å²) in [7, 11) is 1.70. The van der Waals surface area contributed by atoms with Crippen LogP contribution in [0.5, 0.6) is 11.5 Å². The predicted octanol–water partition coefficient (Wildman–Crippen LogP) is 5.89. The summed E-state index contributed by atoms with van der Waals surface area (Å²) in [5.41, 5.74) is 0.867. The summed E-state index contributed by atoms with van der Waals surface area (Å²) in [5.74, 6) is -0.00117. The molecule has 0 aliphatic rings. The summed E-state index contributed by atoms with van der Waals surface area (Å²) in [5, 5.41) is 41.0. The van der Waals surface area contributed by atoms with Crippen molar-refractivity contribution >= 4 is 45.0 Å². The van der Waals surface area contributed by atoms with Gasteiger partial charge in [-0.1, -0.05) is 58.3 Å². The zero-order valence-corrected chi connectivity index (χ0v) is 16.1. The number of benzene rings is 4. The van der Waals surface area contributed by atoms with Crippen molar-refractivity contribution in [2.24, 2.45) is 5.11 Å². The van der Waals surface area contributed by atoms with Crippen molar-refractivity contribution in [3.8, 4) is 11.5 Å². The van der Waals surface area contributed by atoms with Crippen molar-refractivity contribution in [3.63, 3.8) is 0 Å². The van der Waals surface area contributed by atoms with Gasteiger partial charge in [0.15, 0.2) is 18.5 Å². The van der Waals surface area contributed by atoms with Gasteiger partial charge in [-0.15, -0.1) is 4.33 Å². The monoisotopic (exact) mass is 409 g/mol. The standard InChI is InChI=1S/C21H16N2O5S/c1-23(22-20-14-7-3-2-6-13(14)10-11-17(20)24)21-16-9-5-4-8-15(16)19(12-18(21)25)29-28-27-26/h2-12,25-26H,1H3/p+1. The van der Waals surface area contributed by atoms with E-state index in [2.05, 4.69) is 14.5 Å². The molecular formula is C21H17N2O5S+. The lowest BCUT2D eigenvalue weighted by molar-refractivity contribution is -0.475. The first-order valence-electron chi connectivity index (χ1n) is 8.65. The van der Waals surface area contributed by atoms with Gasteiger partial charge < -0.3 is 10.2 Å². The molecule has 0 amide bonds. The molecule has 3 N–H and O–H groups in total. The van der Waals surface area contributed by atoms with Crippen molar-refractivity contribution in [2.75, 3.05) is 7.05 Å². The first kappa shape index (κ1) is 19.2. The Morgan fingerprint density at radius 1 is 0.862 bits per heavy atom. The fourth-order valence-electron chi connectivity index (χ4n) is 3.32. The fourth-order valence-corrected chi connectivity index (χ4v) is 3.85. The van der Waals surface area contributed by atoms with Crippen LogP contribution < -0.4 is 0 Å². The Bertz CT molecular complexity index is 1240. The Kier molecular flexibility index (Phi) is 5.32. The van der Waals surface area contributed by atoms with Gasteiger partial charge in [0.05, 0.1) is 22.3 Å². The Balaban J connectivity index is 1.92. The van der Waals surface area contributed by atoms with Crippen molar-refractivity contribution in [2.45, 2.75) is 4.90 Å². The number of hydrogen-bond acceptors (Lipinski definition) is 7. The third-order valence-corrected chi connectivity index (χ3v) is 5.21. The van der Waals surface area contributed by atoms with Crippen LogP contribution in [-0.4, -0.2) is 27.2 Å². The van der Waals surface area contributed by atoms with Crippen LogP contribution in [0.1, 0.15) is 0 Å². The number of fused-ring (bicyclic) bond motifs is 2. The van der Waals surface area contributed by atoms with Crippen molar-refractivity contribution in [1.82, 2.24) is 0 Å². The average molecular weight is 409 g/mol. The van der Waals surface area contributed by atoms with Crippen molar-refractivity contribution < 1.29 is 29.5 Å². The van der Waals surface area contributed by atoms with E-state index in [-0.39, 0.29) is 11.5 Å². The minimum Gasteiger partial charge on any atom is -0.505 e. The third kappa shape index (κ3) is 3.62. The molecule has 0 unspecified atom stereocenters. The van der Waals surface area contributed by atoms with Gasteiger partial charge in [0.1, 0.15) is 5.75 Å². The largest absolute Gasteiger partial charge is 0.505 e. The van der Waals surface area contributed by atoms with Crippen LogP contribution in [0.3, 0.4) is 0 Å². The summed E-state index contributed by atoms with van der Waals surface area (Å²) >= 11 is 0.771. The van der Waals surface area contributed by atoms with Crippen LogP contribution in [0.4, 0.5) is 11.4 Å². The predicted molar refractivity (Wildman–Crippen MR) is 110 cm³/mol. The SMILES string of the molecule is C[N+](=Nc1c(O)ccc2ccccc12)c1c(O)cc(SOOO)c2ccccc12. The van der Waals surface area contributed by atoms with Gasteiger partial charge in [-0.05, 0) is 17.5 Å². The van der Waals surface area contributed by atoms with Gasteiger partial charge >= 0.3 is 0 Å². The second-order valence-corrected chi connectivity index (χ2v) is 7.03. The second-order valence-electron chi connectivity index (χ2n) is 6.29. The molecule has 0 heterocycles. The lowest BCUT2D eigenvalue weighted by Gasteiger charge is -2.08. The van der Waals surface area contributed by atoms with E-state index in [1.165, 1.54) is 10.8 Å². The van der Waals surface area contributed by atoms with Crippen LogP contribution >= 0.6 is 12.0 Å². The van der Waals surface area contributed by atoms with Gasteiger partial charge in [-0.3, -0.25) is 0 Å². The van der Waals surface area contributed by atoms with Gasteiger partial charge in [-0.2, -0.15) is 0 Å². The molecule has 4 aromatic rings. The van der Waals surface area contributed by atoms with E-state index in [1.807, 2.05) is 54.6 Å². The minimum absolute atomic E-state index is 0.0417. The van der Waals surface area contributed by atoms with Crippen LogP contribution in [0.25, 0.3) is 21.5 Å². The number of azo groups is 2. The molecular weight excluding hydrogens is 392 g/mol. The van der Waals surface area contributed by atoms with Gasteiger partial charge in [0, 0.05) is 22.0 Å². The average Bonchev–Trinajstić information content (AvgIpc) is 2.74. The molecule has 29 heavy (non-hydrogen) atoms.